The molecule has 7 heteroatoms. The standard InChI is InChI=1S/C18H21FN2O3S/c1-20(16-9-4-3-5-10-16)18(22)12-13-21(25(2,23)24)14-15-8-6-7-11-17(15)19/h3-11H,12-14H2,1-2H3. The highest BCUT2D eigenvalue weighted by Crippen LogP contribution is 2.15. The van der Waals surface area contributed by atoms with Crippen molar-refractivity contribution < 1.29 is 17.6 Å². The summed E-state index contributed by atoms with van der Waals surface area (Å²) in [5, 5.41) is 0. The number of rotatable bonds is 7. The predicted octanol–water partition coefficient (Wildman–Crippen LogP) is 2.64. The molecule has 0 saturated carbocycles. The number of carbonyl (C=O) groups is 1. The Hall–Kier alpha value is -2.25. The van der Waals surface area contributed by atoms with Gasteiger partial charge in [0.15, 0.2) is 0 Å². The molecule has 0 heterocycles. The van der Waals surface area contributed by atoms with E-state index >= 15 is 0 Å². The minimum absolute atomic E-state index is 0.00686. The summed E-state index contributed by atoms with van der Waals surface area (Å²) >= 11 is 0. The summed E-state index contributed by atoms with van der Waals surface area (Å²) in [7, 11) is -1.93. The van der Waals surface area contributed by atoms with Crippen molar-refractivity contribution in [3.63, 3.8) is 0 Å². The molecule has 25 heavy (non-hydrogen) atoms. The van der Waals surface area contributed by atoms with E-state index in [9.17, 15) is 17.6 Å². The molecule has 0 aromatic heterocycles. The van der Waals surface area contributed by atoms with Crippen LogP contribution in [0.2, 0.25) is 0 Å². The van der Waals surface area contributed by atoms with Crippen LogP contribution in [0, 0.1) is 5.82 Å². The van der Waals surface area contributed by atoms with Gasteiger partial charge in [0, 0.05) is 37.8 Å². The van der Waals surface area contributed by atoms with Crippen LogP contribution in [-0.4, -0.2) is 38.5 Å². The number of hydrogen-bond donors (Lipinski definition) is 0. The third-order valence-electron chi connectivity index (χ3n) is 3.87. The van der Waals surface area contributed by atoms with E-state index in [1.54, 1.807) is 31.3 Å². The quantitative estimate of drug-likeness (QED) is 0.759. The summed E-state index contributed by atoms with van der Waals surface area (Å²) in [4.78, 5) is 13.8. The zero-order chi connectivity index (χ0) is 18.4. The van der Waals surface area contributed by atoms with Crippen molar-refractivity contribution in [2.24, 2.45) is 0 Å². The Morgan fingerprint density at radius 1 is 1.04 bits per heavy atom. The minimum Gasteiger partial charge on any atom is -0.315 e. The zero-order valence-electron chi connectivity index (χ0n) is 14.2. The molecule has 0 aliphatic carbocycles. The van der Waals surface area contributed by atoms with E-state index in [1.807, 2.05) is 18.2 Å². The van der Waals surface area contributed by atoms with Gasteiger partial charge in [-0.1, -0.05) is 36.4 Å². The van der Waals surface area contributed by atoms with Gasteiger partial charge in [-0.15, -0.1) is 0 Å². The van der Waals surface area contributed by atoms with Gasteiger partial charge in [0.1, 0.15) is 5.82 Å². The van der Waals surface area contributed by atoms with E-state index < -0.39 is 15.8 Å². The molecule has 2 aromatic carbocycles. The number of nitrogens with zero attached hydrogens (tertiary/aromatic N) is 2. The Morgan fingerprint density at radius 2 is 1.64 bits per heavy atom. The first kappa shape index (κ1) is 19.1. The number of para-hydroxylation sites is 1. The molecule has 0 spiro atoms. The van der Waals surface area contributed by atoms with Crippen LogP contribution in [0.4, 0.5) is 10.1 Å². The maximum atomic E-state index is 13.8. The number of carbonyl (C=O) groups excluding carboxylic acids is 1. The number of anilines is 1. The fourth-order valence-electron chi connectivity index (χ4n) is 2.36. The molecule has 0 N–H and O–H groups in total. The number of hydrogen-bond acceptors (Lipinski definition) is 3. The van der Waals surface area contributed by atoms with Crippen LogP contribution in [-0.2, 0) is 21.4 Å². The van der Waals surface area contributed by atoms with Crippen molar-refractivity contribution in [2.75, 3.05) is 24.7 Å². The van der Waals surface area contributed by atoms with Crippen molar-refractivity contribution >= 4 is 21.6 Å². The molecule has 0 fully saturated rings. The first-order valence-corrected chi connectivity index (χ1v) is 9.64. The molecule has 134 valence electrons. The van der Waals surface area contributed by atoms with Crippen LogP contribution in [0.15, 0.2) is 54.6 Å². The molecule has 1 amide bonds. The van der Waals surface area contributed by atoms with E-state index in [0.29, 0.717) is 0 Å². The maximum absolute atomic E-state index is 13.8. The van der Waals surface area contributed by atoms with Crippen LogP contribution in [0.25, 0.3) is 0 Å². The van der Waals surface area contributed by atoms with Crippen LogP contribution in [0.5, 0.6) is 0 Å². The number of benzene rings is 2. The van der Waals surface area contributed by atoms with Crippen molar-refractivity contribution in [1.82, 2.24) is 4.31 Å². The fraction of sp³-hybridized carbons (Fsp3) is 0.278. The van der Waals surface area contributed by atoms with Gasteiger partial charge in [0.2, 0.25) is 15.9 Å². The van der Waals surface area contributed by atoms with Gasteiger partial charge >= 0.3 is 0 Å². The summed E-state index contributed by atoms with van der Waals surface area (Å²) in [6.45, 7) is -0.114. The first-order valence-electron chi connectivity index (χ1n) is 7.79. The fourth-order valence-corrected chi connectivity index (χ4v) is 3.16. The number of amides is 1. The van der Waals surface area contributed by atoms with Gasteiger partial charge in [-0.25, -0.2) is 12.8 Å². The number of sulfonamides is 1. The summed E-state index contributed by atoms with van der Waals surface area (Å²) < 4.78 is 38.9. The van der Waals surface area contributed by atoms with Crippen molar-refractivity contribution in [1.29, 1.82) is 0 Å². The highest BCUT2D eigenvalue weighted by Gasteiger charge is 2.21. The second kappa shape index (κ2) is 8.22. The molecular formula is C18H21FN2O3S. The van der Waals surface area contributed by atoms with E-state index in [1.165, 1.54) is 17.0 Å². The van der Waals surface area contributed by atoms with E-state index in [4.69, 9.17) is 0 Å². The summed E-state index contributed by atoms with van der Waals surface area (Å²) in [6, 6.07) is 15.1. The van der Waals surface area contributed by atoms with Crippen LogP contribution >= 0.6 is 0 Å². The van der Waals surface area contributed by atoms with Crippen molar-refractivity contribution in [3.05, 3.63) is 66.0 Å². The molecule has 2 aromatic rings. The average Bonchev–Trinajstić information content (AvgIpc) is 2.59. The van der Waals surface area contributed by atoms with Gasteiger partial charge < -0.3 is 4.90 Å². The molecule has 0 saturated heterocycles. The highest BCUT2D eigenvalue weighted by molar-refractivity contribution is 7.88. The van der Waals surface area contributed by atoms with Gasteiger partial charge in [-0.3, -0.25) is 4.79 Å². The van der Waals surface area contributed by atoms with Gasteiger partial charge in [0.25, 0.3) is 0 Å². The Kier molecular flexibility index (Phi) is 6.27. The van der Waals surface area contributed by atoms with Crippen LogP contribution in [0.1, 0.15) is 12.0 Å². The molecule has 0 bridgehead atoms. The molecule has 0 aliphatic heterocycles. The van der Waals surface area contributed by atoms with Crippen molar-refractivity contribution in [2.45, 2.75) is 13.0 Å². The van der Waals surface area contributed by atoms with Crippen LogP contribution in [0.3, 0.4) is 0 Å². The lowest BCUT2D eigenvalue weighted by atomic mass is 10.2. The zero-order valence-corrected chi connectivity index (χ0v) is 15.0. The van der Waals surface area contributed by atoms with Crippen LogP contribution < -0.4 is 4.90 Å². The lowest BCUT2D eigenvalue weighted by Crippen LogP contribution is -2.35. The Bertz CT molecular complexity index is 825. The lowest BCUT2D eigenvalue weighted by molar-refractivity contribution is -0.118. The second-order valence-corrected chi connectivity index (χ2v) is 7.71. The maximum Gasteiger partial charge on any atom is 0.228 e. The van der Waals surface area contributed by atoms with E-state index in [0.717, 1.165) is 16.2 Å². The summed E-state index contributed by atoms with van der Waals surface area (Å²) in [6.07, 6.45) is 1.06. The highest BCUT2D eigenvalue weighted by atomic mass is 32.2. The monoisotopic (exact) mass is 364 g/mol. The second-order valence-electron chi connectivity index (χ2n) is 5.73. The predicted molar refractivity (Wildman–Crippen MR) is 96.1 cm³/mol. The van der Waals surface area contributed by atoms with E-state index in [2.05, 4.69) is 0 Å². The van der Waals surface area contributed by atoms with Crippen molar-refractivity contribution in [3.8, 4) is 0 Å². The Morgan fingerprint density at radius 3 is 2.24 bits per heavy atom. The molecule has 0 aliphatic rings. The Balaban J connectivity index is 2.06. The van der Waals surface area contributed by atoms with E-state index in [-0.39, 0.29) is 31.0 Å². The molecular weight excluding hydrogens is 343 g/mol. The lowest BCUT2D eigenvalue weighted by Gasteiger charge is -2.22. The normalized spacial score (nSPS) is 11.5. The largest absolute Gasteiger partial charge is 0.315 e. The molecule has 0 unspecified atom stereocenters. The van der Waals surface area contributed by atoms with Gasteiger partial charge in [0.05, 0.1) is 6.26 Å². The number of halogens is 1. The first-order chi connectivity index (χ1) is 11.8. The molecule has 2 rings (SSSR count). The topological polar surface area (TPSA) is 57.7 Å². The smallest absolute Gasteiger partial charge is 0.228 e. The molecule has 0 atom stereocenters. The van der Waals surface area contributed by atoms with Gasteiger partial charge in [-0.2, -0.15) is 4.31 Å². The SMILES string of the molecule is CN(C(=O)CCN(Cc1ccccc1F)S(C)(=O)=O)c1ccccc1. The molecule has 5 nitrogen and oxygen atoms in total. The third kappa shape index (κ3) is 5.37. The Labute approximate surface area is 147 Å². The third-order valence-corrected chi connectivity index (χ3v) is 5.12. The molecule has 0 radical (unpaired) electrons. The average molecular weight is 364 g/mol. The minimum atomic E-state index is -3.57. The van der Waals surface area contributed by atoms with Gasteiger partial charge in [-0.05, 0) is 18.2 Å². The summed E-state index contributed by atoms with van der Waals surface area (Å²) in [5.41, 5.74) is 1.00. The summed E-state index contributed by atoms with van der Waals surface area (Å²) in [5.74, 6) is -0.683.